The van der Waals surface area contributed by atoms with Crippen molar-refractivity contribution in [3.8, 4) is 0 Å². The number of nitrogens with zero attached hydrogens (tertiary/aromatic N) is 3. The predicted octanol–water partition coefficient (Wildman–Crippen LogP) is 3.89. The molecule has 0 aliphatic rings. The second-order valence-corrected chi connectivity index (χ2v) is 6.32. The van der Waals surface area contributed by atoms with Gasteiger partial charge in [0.25, 0.3) is 0 Å². The summed E-state index contributed by atoms with van der Waals surface area (Å²) in [6, 6.07) is 21.1. The molecule has 0 spiro atoms. The Morgan fingerprint density at radius 2 is 1.64 bits per heavy atom. The number of rotatable bonds is 8. The molecule has 1 heterocycles. The van der Waals surface area contributed by atoms with Gasteiger partial charge in [-0.05, 0) is 18.1 Å². The maximum Gasteiger partial charge on any atom is 0.191 e. The SMILES string of the molecule is CCNC(=NCC(c1ccccc1)c1ccccc1)NCCn1ccnc1.I. The van der Waals surface area contributed by atoms with Crippen LogP contribution in [0, 0.1) is 0 Å². The first kappa shape index (κ1) is 21.9. The van der Waals surface area contributed by atoms with Crippen LogP contribution in [-0.4, -0.2) is 35.1 Å². The van der Waals surface area contributed by atoms with Gasteiger partial charge in [0, 0.05) is 37.9 Å². The third-order valence-electron chi connectivity index (χ3n) is 4.40. The molecule has 6 heteroatoms. The number of aliphatic imine (C=N–C) groups is 1. The third-order valence-corrected chi connectivity index (χ3v) is 4.40. The standard InChI is InChI=1S/C22H27N5.HI/c1-2-24-22(25-14-16-27-15-13-23-18-27)26-17-21(19-9-5-3-6-10-19)20-11-7-4-8-12-20;/h3-13,15,18,21H,2,14,16-17H2,1H3,(H2,24,25,26);1H. The molecular formula is C22H28IN5. The first-order chi connectivity index (χ1) is 13.4. The van der Waals surface area contributed by atoms with Crippen molar-refractivity contribution in [1.82, 2.24) is 20.2 Å². The largest absolute Gasteiger partial charge is 0.357 e. The first-order valence-corrected chi connectivity index (χ1v) is 9.44. The van der Waals surface area contributed by atoms with Crippen LogP contribution in [0.5, 0.6) is 0 Å². The third kappa shape index (κ3) is 6.67. The summed E-state index contributed by atoms with van der Waals surface area (Å²) in [5.41, 5.74) is 2.56. The minimum atomic E-state index is 0. The predicted molar refractivity (Wildman–Crippen MR) is 126 cm³/mol. The highest BCUT2D eigenvalue weighted by Crippen LogP contribution is 2.24. The van der Waals surface area contributed by atoms with Crippen molar-refractivity contribution >= 4 is 29.9 Å². The number of guanidine groups is 1. The van der Waals surface area contributed by atoms with Crippen LogP contribution in [0.2, 0.25) is 0 Å². The fourth-order valence-electron chi connectivity index (χ4n) is 3.02. The highest BCUT2D eigenvalue weighted by atomic mass is 127. The van der Waals surface area contributed by atoms with Crippen molar-refractivity contribution in [2.24, 2.45) is 4.99 Å². The lowest BCUT2D eigenvalue weighted by molar-refractivity contribution is 0.660. The average Bonchev–Trinajstić information content (AvgIpc) is 3.23. The first-order valence-electron chi connectivity index (χ1n) is 9.44. The summed E-state index contributed by atoms with van der Waals surface area (Å²) < 4.78 is 2.05. The van der Waals surface area contributed by atoms with Crippen LogP contribution in [0.4, 0.5) is 0 Å². The number of hydrogen-bond acceptors (Lipinski definition) is 2. The van der Waals surface area contributed by atoms with Gasteiger partial charge >= 0.3 is 0 Å². The molecule has 0 atom stereocenters. The lowest BCUT2D eigenvalue weighted by Gasteiger charge is -2.18. The summed E-state index contributed by atoms with van der Waals surface area (Å²) in [5, 5.41) is 6.74. The quantitative estimate of drug-likeness (QED) is 0.287. The van der Waals surface area contributed by atoms with E-state index in [1.54, 1.807) is 6.20 Å². The number of benzene rings is 2. The molecule has 3 aromatic rings. The lowest BCUT2D eigenvalue weighted by atomic mass is 9.91. The van der Waals surface area contributed by atoms with Crippen molar-refractivity contribution in [2.75, 3.05) is 19.6 Å². The van der Waals surface area contributed by atoms with Gasteiger partial charge in [0.1, 0.15) is 0 Å². The molecule has 5 nitrogen and oxygen atoms in total. The summed E-state index contributed by atoms with van der Waals surface area (Å²) in [7, 11) is 0. The summed E-state index contributed by atoms with van der Waals surface area (Å²) >= 11 is 0. The van der Waals surface area contributed by atoms with E-state index in [1.165, 1.54) is 11.1 Å². The Bertz CT molecular complexity index is 764. The van der Waals surface area contributed by atoms with Gasteiger partial charge in [-0.3, -0.25) is 4.99 Å². The van der Waals surface area contributed by atoms with Crippen LogP contribution in [0.3, 0.4) is 0 Å². The normalized spacial score (nSPS) is 11.1. The van der Waals surface area contributed by atoms with Gasteiger partial charge in [-0.25, -0.2) is 4.98 Å². The highest BCUT2D eigenvalue weighted by Gasteiger charge is 2.13. The van der Waals surface area contributed by atoms with Gasteiger partial charge in [0.05, 0.1) is 12.9 Å². The second kappa shape index (κ2) is 12.2. The van der Waals surface area contributed by atoms with Crippen LogP contribution >= 0.6 is 24.0 Å². The van der Waals surface area contributed by atoms with Crippen LogP contribution in [-0.2, 0) is 6.54 Å². The molecule has 0 radical (unpaired) electrons. The van der Waals surface area contributed by atoms with Crippen LogP contribution < -0.4 is 10.6 Å². The number of halogens is 1. The molecule has 0 bridgehead atoms. The molecule has 0 unspecified atom stereocenters. The van der Waals surface area contributed by atoms with Crippen molar-refractivity contribution in [2.45, 2.75) is 19.4 Å². The lowest BCUT2D eigenvalue weighted by Crippen LogP contribution is -2.39. The molecule has 0 aliphatic heterocycles. The summed E-state index contributed by atoms with van der Waals surface area (Å²) in [4.78, 5) is 8.93. The molecule has 2 aromatic carbocycles. The molecule has 1 aromatic heterocycles. The highest BCUT2D eigenvalue weighted by molar-refractivity contribution is 14.0. The van der Waals surface area contributed by atoms with Crippen molar-refractivity contribution in [3.63, 3.8) is 0 Å². The summed E-state index contributed by atoms with van der Waals surface area (Å²) in [5.74, 6) is 1.07. The minimum Gasteiger partial charge on any atom is -0.357 e. The second-order valence-electron chi connectivity index (χ2n) is 6.32. The van der Waals surface area contributed by atoms with Gasteiger partial charge < -0.3 is 15.2 Å². The zero-order valence-corrected chi connectivity index (χ0v) is 18.5. The van der Waals surface area contributed by atoms with Gasteiger partial charge in [0.15, 0.2) is 5.96 Å². The Balaban J connectivity index is 0.00000280. The molecule has 0 aliphatic carbocycles. The van der Waals surface area contributed by atoms with Crippen LogP contribution in [0.15, 0.2) is 84.4 Å². The number of hydrogen-bond donors (Lipinski definition) is 2. The smallest absolute Gasteiger partial charge is 0.191 e. The maximum absolute atomic E-state index is 4.85. The van der Waals surface area contributed by atoms with Gasteiger partial charge in [-0.2, -0.15) is 0 Å². The van der Waals surface area contributed by atoms with E-state index >= 15 is 0 Å². The molecule has 0 fully saturated rings. The zero-order chi connectivity index (χ0) is 18.7. The summed E-state index contributed by atoms with van der Waals surface area (Å²) in [6.07, 6.45) is 5.59. The fourth-order valence-corrected chi connectivity index (χ4v) is 3.02. The Hall–Kier alpha value is -2.35. The van der Waals surface area contributed by atoms with E-state index in [9.17, 15) is 0 Å². The fraction of sp³-hybridized carbons (Fsp3) is 0.273. The molecule has 0 saturated heterocycles. The zero-order valence-electron chi connectivity index (χ0n) is 16.2. The van der Waals surface area contributed by atoms with E-state index < -0.39 is 0 Å². The molecular weight excluding hydrogens is 461 g/mol. The Morgan fingerprint density at radius 3 is 2.18 bits per heavy atom. The molecule has 148 valence electrons. The van der Waals surface area contributed by atoms with Crippen LogP contribution in [0.25, 0.3) is 0 Å². The van der Waals surface area contributed by atoms with E-state index in [-0.39, 0.29) is 29.9 Å². The van der Waals surface area contributed by atoms with Crippen molar-refractivity contribution in [3.05, 3.63) is 90.5 Å². The average molecular weight is 489 g/mol. The van der Waals surface area contributed by atoms with Gasteiger partial charge in [-0.15, -0.1) is 24.0 Å². The topological polar surface area (TPSA) is 54.2 Å². The van der Waals surface area contributed by atoms with Gasteiger partial charge in [0.2, 0.25) is 0 Å². The van der Waals surface area contributed by atoms with Crippen LogP contribution in [0.1, 0.15) is 24.0 Å². The Morgan fingerprint density at radius 1 is 1.00 bits per heavy atom. The van der Waals surface area contributed by atoms with E-state index in [2.05, 4.69) is 83.2 Å². The molecule has 3 rings (SSSR count). The maximum atomic E-state index is 4.85. The minimum absolute atomic E-state index is 0. The van der Waals surface area contributed by atoms with E-state index in [1.807, 2.05) is 17.1 Å². The van der Waals surface area contributed by atoms with E-state index in [0.29, 0.717) is 6.54 Å². The summed E-state index contributed by atoms with van der Waals surface area (Å²) in [6.45, 7) is 5.25. The Kier molecular flexibility index (Phi) is 9.54. The van der Waals surface area contributed by atoms with Crippen molar-refractivity contribution in [1.29, 1.82) is 0 Å². The monoisotopic (exact) mass is 489 g/mol. The van der Waals surface area contributed by atoms with E-state index in [4.69, 9.17) is 4.99 Å². The molecule has 28 heavy (non-hydrogen) atoms. The van der Waals surface area contributed by atoms with Gasteiger partial charge in [-0.1, -0.05) is 60.7 Å². The van der Waals surface area contributed by atoms with Crippen molar-refractivity contribution < 1.29 is 0 Å². The Labute approximate surface area is 184 Å². The molecule has 0 amide bonds. The molecule has 0 saturated carbocycles. The molecule has 2 N–H and O–H groups in total. The number of imidazole rings is 1. The number of nitrogens with one attached hydrogen (secondary N) is 2. The number of aromatic nitrogens is 2. The van der Waals surface area contributed by atoms with E-state index in [0.717, 1.165) is 25.6 Å².